The first kappa shape index (κ1) is 7.72. The number of aliphatic imine (C=N–C) groups is 1. The minimum absolute atomic E-state index is 0.0764. The van der Waals surface area contributed by atoms with Gasteiger partial charge in [0.05, 0.1) is 0 Å². The Hall–Kier alpha value is -1.38. The molecular weight excluding hydrogens is 140 g/mol. The number of nitrogens with zero attached hydrogens (tertiary/aromatic N) is 1. The Morgan fingerprint density at radius 1 is 1.64 bits per heavy atom. The molecule has 1 heterocycles. The first-order valence-corrected chi connectivity index (χ1v) is 3.45. The zero-order valence-electron chi connectivity index (χ0n) is 6.37. The van der Waals surface area contributed by atoms with Crippen LogP contribution in [0.1, 0.15) is 13.3 Å². The zero-order chi connectivity index (χ0) is 8.10. The van der Waals surface area contributed by atoms with Crippen molar-refractivity contribution in [3.05, 3.63) is 24.4 Å². The summed E-state index contributed by atoms with van der Waals surface area (Å²) in [5.74, 6) is 0.620. The van der Waals surface area contributed by atoms with Gasteiger partial charge in [-0.3, -0.25) is 4.79 Å². The molecule has 0 radical (unpaired) electrons. The maximum Gasteiger partial charge on any atom is 0.222 e. The van der Waals surface area contributed by atoms with Gasteiger partial charge in [-0.25, -0.2) is 4.99 Å². The second kappa shape index (κ2) is 3.71. The van der Waals surface area contributed by atoms with E-state index in [1.165, 1.54) is 6.92 Å². The van der Waals surface area contributed by atoms with Gasteiger partial charge in [-0.05, 0) is 6.08 Å². The average molecular weight is 150 g/mol. The Morgan fingerprint density at radius 3 is 3.18 bits per heavy atom. The van der Waals surface area contributed by atoms with Crippen LogP contribution in [0.4, 0.5) is 0 Å². The molecule has 1 aliphatic rings. The van der Waals surface area contributed by atoms with E-state index in [1.807, 2.05) is 18.2 Å². The lowest BCUT2D eigenvalue weighted by atomic mass is 10.3. The summed E-state index contributed by atoms with van der Waals surface area (Å²) in [6.45, 7) is 1.47. The molecule has 0 bridgehead atoms. The van der Waals surface area contributed by atoms with Crippen molar-refractivity contribution in [1.82, 2.24) is 5.32 Å². The van der Waals surface area contributed by atoms with Crippen LogP contribution in [0.25, 0.3) is 0 Å². The minimum atomic E-state index is -0.0764. The normalized spacial score (nSPS) is 15.5. The summed E-state index contributed by atoms with van der Waals surface area (Å²) in [6.07, 6.45) is 8.02. The highest BCUT2D eigenvalue weighted by atomic mass is 16.1. The fourth-order valence-corrected chi connectivity index (χ4v) is 0.780. The van der Waals surface area contributed by atoms with Crippen molar-refractivity contribution in [3.63, 3.8) is 0 Å². The molecule has 3 nitrogen and oxygen atoms in total. The number of amides is 1. The van der Waals surface area contributed by atoms with Gasteiger partial charge in [0.25, 0.3) is 0 Å². The molecule has 0 saturated carbocycles. The van der Waals surface area contributed by atoms with Gasteiger partial charge in [0.1, 0.15) is 5.84 Å². The van der Waals surface area contributed by atoms with Crippen LogP contribution in [0.3, 0.4) is 0 Å². The van der Waals surface area contributed by atoms with Crippen molar-refractivity contribution in [2.75, 3.05) is 0 Å². The Kier molecular flexibility index (Phi) is 2.60. The largest absolute Gasteiger partial charge is 0.314 e. The van der Waals surface area contributed by atoms with Crippen molar-refractivity contribution in [2.45, 2.75) is 13.3 Å². The summed E-state index contributed by atoms with van der Waals surface area (Å²) >= 11 is 0. The van der Waals surface area contributed by atoms with Gasteiger partial charge in [-0.2, -0.15) is 0 Å². The molecule has 0 aromatic heterocycles. The molecule has 1 rings (SSSR count). The van der Waals surface area contributed by atoms with Crippen molar-refractivity contribution < 1.29 is 4.79 Å². The summed E-state index contributed by atoms with van der Waals surface area (Å²) in [4.78, 5) is 14.6. The quantitative estimate of drug-likeness (QED) is 0.549. The minimum Gasteiger partial charge on any atom is -0.314 e. The first-order chi connectivity index (χ1) is 5.29. The SMILES string of the molecule is CC(=O)NC1=NC=CC=CC1. The van der Waals surface area contributed by atoms with Crippen LogP contribution < -0.4 is 5.32 Å². The lowest BCUT2D eigenvalue weighted by Gasteiger charge is -2.00. The van der Waals surface area contributed by atoms with E-state index >= 15 is 0 Å². The van der Waals surface area contributed by atoms with Crippen molar-refractivity contribution in [1.29, 1.82) is 0 Å². The molecule has 0 unspecified atom stereocenters. The van der Waals surface area contributed by atoms with Gasteiger partial charge >= 0.3 is 0 Å². The average Bonchev–Trinajstić information content (AvgIpc) is 2.14. The topological polar surface area (TPSA) is 41.5 Å². The standard InChI is InChI=1S/C8H10N2O/c1-7(11)10-8-5-3-2-4-6-9-8/h2-4,6H,5H2,1H3,(H,9,10,11). The number of carbonyl (C=O) groups is 1. The number of carbonyl (C=O) groups excluding carboxylic acids is 1. The molecule has 0 spiro atoms. The summed E-state index contributed by atoms with van der Waals surface area (Å²) in [7, 11) is 0. The van der Waals surface area contributed by atoms with Gasteiger partial charge in [0.2, 0.25) is 5.91 Å². The second-order valence-electron chi connectivity index (χ2n) is 2.23. The Balaban J connectivity index is 2.57. The van der Waals surface area contributed by atoms with E-state index in [9.17, 15) is 4.79 Å². The highest BCUT2D eigenvalue weighted by Crippen LogP contribution is 1.93. The van der Waals surface area contributed by atoms with Crippen LogP contribution in [0.5, 0.6) is 0 Å². The predicted octanol–water partition coefficient (Wildman–Crippen LogP) is 0.995. The van der Waals surface area contributed by atoms with Crippen LogP contribution >= 0.6 is 0 Å². The summed E-state index contributed by atoms with van der Waals surface area (Å²) in [6, 6.07) is 0. The van der Waals surface area contributed by atoms with Gasteiger partial charge in [0, 0.05) is 19.5 Å². The molecule has 1 aliphatic heterocycles. The molecule has 1 N–H and O–H groups in total. The number of amidine groups is 1. The van der Waals surface area contributed by atoms with Crippen molar-refractivity contribution >= 4 is 11.7 Å². The smallest absolute Gasteiger partial charge is 0.222 e. The molecule has 3 heteroatoms. The Labute approximate surface area is 65.5 Å². The molecule has 0 saturated heterocycles. The van der Waals surface area contributed by atoms with Crippen LogP contribution in [0.2, 0.25) is 0 Å². The van der Waals surface area contributed by atoms with Crippen LogP contribution in [-0.2, 0) is 4.79 Å². The molecule has 0 atom stereocenters. The number of hydrogen-bond donors (Lipinski definition) is 1. The van der Waals surface area contributed by atoms with Gasteiger partial charge in [-0.1, -0.05) is 12.2 Å². The molecule has 0 aromatic carbocycles. The van der Waals surface area contributed by atoms with Crippen molar-refractivity contribution in [2.24, 2.45) is 4.99 Å². The molecular formula is C8H10N2O. The van der Waals surface area contributed by atoms with E-state index in [2.05, 4.69) is 10.3 Å². The third-order valence-electron chi connectivity index (χ3n) is 1.20. The number of hydrogen-bond acceptors (Lipinski definition) is 2. The lowest BCUT2D eigenvalue weighted by Crippen LogP contribution is -2.27. The lowest BCUT2D eigenvalue weighted by molar-refractivity contribution is -0.117. The summed E-state index contributed by atoms with van der Waals surface area (Å²) in [5.41, 5.74) is 0. The van der Waals surface area contributed by atoms with E-state index in [0.717, 1.165) is 0 Å². The fraction of sp³-hybridized carbons (Fsp3) is 0.250. The highest BCUT2D eigenvalue weighted by molar-refractivity contribution is 5.98. The Morgan fingerprint density at radius 2 is 2.45 bits per heavy atom. The summed E-state index contributed by atoms with van der Waals surface area (Å²) < 4.78 is 0. The van der Waals surface area contributed by atoms with E-state index in [1.54, 1.807) is 6.20 Å². The third-order valence-corrected chi connectivity index (χ3v) is 1.20. The van der Waals surface area contributed by atoms with E-state index in [4.69, 9.17) is 0 Å². The van der Waals surface area contributed by atoms with E-state index < -0.39 is 0 Å². The number of rotatable bonds is 0. The molecule has 0 fully saturated rings. The third kappa shape index (κ3) is 2.80. The molecule has 58 valence electrons. The molecule has 0 aliphatic carbocycles. The molecule has 0 aromatic rings. The van der Waals surface area contributed by atoms with Gasteiger partial charge in [0.15, 0.2) is 0 Å². The first-order valence-electron chi connectivity index (χ1n) is 3.45. The zero-order valence-corrected chi connectivity index (χ0v) is 6.37. The number of nitrogens with one attached hydrogen (secondary N) is 1. The second-order valence-corrected chi connectivity index (χ2v) is 2.23. The predicted molar refractivity (Wildman–Crippen MR) is 44.1 cm³/mol. The van der Waals surface area contributed by atoms with Gasteiger partial charge < -0.3 is 5.32 Å². The van der Waals surface area contributed by atoms with E-state index in [0.29, 0.717) is 12.3 Å². The Bertz CT molecular complexity index is 238. The van der Waals surface area contributed by atoms with Crippen LogP contribution in [0.15, 0.2) is 29.4 Å². The molecule has 11 heavy (non-hydrogen) atoms. The van der Waals surface area contributed by atoms with Crippen LogP contribution in [-0.4, -0.2) is 11.7 Å². The summed E-state index contributed by atoms with van der Waals surface area (Å²) in [5, 5.41) is 2.63. The monoisotopic (exact) mass is 150 g/mol. The van der Waals surface area contributed by atoms with Gasteiger partial charge in [-0.15, -0.1) is 0 Å². The maximum atomic E-state index is 10.6. The highest BCUT2D eigenvalue weighted by Gasteiger charge is 1.98. The maximum absolute atomic E-state index is 10.6. The van der Waals surface area contributed by atoms with E-state index in [-0.39, 0.29) is 5.91 Å². The van der Waals surface area contributed by atoms with Crippen molar-refractivity contribution in [3.8, 4) is 0 Å². The van der Waals surface area contributed by atoms with Crippen LogP contribution in [0, 0.1) is 0 Å². The molecule has 1 amide bonds. The number of allylic oxidation sites excluding steroid dienone is 2. The fourth-order valence-electron chi connectivity index (χ4n) is 0.780.